The zero-order valence-electron chi connectivity index (χ0n) is 9.37. The lowest BCUT2D eigenvalue weighted by Crippen LogP contribution is -2.61. The highest BCUT2D eigenvalue weighted by Crippen LogP contribution is 2.23. The maximum absolute atomic E-state index is 12.1. The van der Waals surface area contributed by atoms with Crippen molar-refractivity contribution in [1.82, 2.24) is 19.5 Å². The maximum Gasteiger partial charge on any atom is 0.257 e. The van der Waals surface area contributed by atoms with Crippen molar-refractivity contribution in [3.63, 3.8) is 0 Å². The Hall–Kier alpha value is -1.95. The molecule has 3 rings (SSSR count). The Morgan fingerprint density at radius 2 is 2.24 bits per heavy atom. The summed E-state index contributed by atoms with van der Waals surface area (Å²) in [7, 11) is 0. The molecule has 17 heavy (non-hydrogen) atoms. The first kappa shape index (κ1) is 10.2. The SMILES string of the molecule is CC1(O)CN(C(=O)c2cnn3ccncc23)C1. The number of carbonyl (C=O) groups is 1. The molecule has 6 nitrogen and oxygen atoms in total. The number of amides is 1. The van der Waals surface area contributed by atoms with Crippen LogP contribution in [-0.2, 0) is 0 Å². The van der Waals surface area contributed by atoms with Gasteiger partial charge in [0.2, 0.25) is 0 Å². The molecule has 0 saturated carbocycles. The highest BCUT2D eigenvalue weighted by Gasteiger charge is 2.40. The zero-order chi connectivity index (χ0) is 12.0. The van der Waals surface area contributed by atoms with Crippen LogP contribution < -0.4 is 0 Å². The van der Waals surface area contributed by atoms with Crippen LogP contribution in [0.25, 0.3) is 5.52 Å². The Bertz CT molecular complexity index is 582. The molecule has 2 aromatic rings. The van der Waals surface area contributed by atoms with E-state index < -0.39 is 5.60 Å². The van der Waals surface area contributed by atoms with E-state index in [1.807, 2.05) is 0 Å². The van der Waals surface area contributed by atoms with Crippen LogP contribution in [0.2, 0.25) is 0 Å². The molecule has 1 saturated heterocycles. The van der Waals surface area contributed by atoms with Crippen molar-refractivity contribution in [1.29, 1.82) is 0 Å². The topological polar surface area (TPSA) is 70.7 Å². The number of nitrogens with zero attached hydrogens (tertiary/aromatic N) is 4. The first-order valence-electron chi connectivity index (χ1n) is 5.36. The summed E-state index contributed by atoms with van der Waals surface area (Å²) in [4.78, 5) is 17.7. The van der Waals surface area contributed by atoms with Crippen LogP contribution >= 0.6 is 0 Å². The van der Waals surface area contributed by atoms with E-state index >= 15 is 0 Å². The molecule has 1 N–H and O–H groups in total. The quantitative estimate of drug-likeness (QED) is 0.747. The number of hydrogen-bond acceptors (Lipinski definition) is 4. The van der Waals surface area contributed by atoms with Gasteiger partial charge in [-0.1, -0.05) is 0 Å². The average Bonchev–Trinajstić information content (AvgIpc) is 2.68. The van der Waals surface area contributed by atoms with Crippen LogP contribution in [0.4, 0.5) is 0 Å². The summed E-state index contributed by atoms with van der Waals surface area (Å²) in [5.74, 6) is -0.112. The largest absolute Gasteiger partial charge is 0.386 e. The number of aromatic nitrogens is 3. The molecule has 0 atom stereocenters. The van der Waals surface area contributed by atoms with Gasteiger partial charge in [0.15, 0.2) is 0 Å². The van der Waals surface area contributed by atoms with E-state index in [0.717, 1.165) is 0 Å². The fraction of sp³-hybridized carbons (Fsp3) is 0.364. The van der Waals surface area contributed by atoms with E-state index in [-0.39, 0.29) is 5.91 Å². The summed E-state index contributed by atoms with van der Waals surface area (Å²) in [6, 6.07) is 0. The summed E-state index contributed by atoms with van der Waals surface area (Å²) < 4.78 is 1.61. The van der Waals surface area contributed by atoms with Crippen molar-refractivity contribution < 1.29 is 9.90 Å². The first-order valence-corrected chi connectivity index (χ1v) is 5.36. The molecule has 0 aromatic carbocycles. The number of carbonyl (C=O) groups excluding carboxylic acids is 1. The summed E-state index contributed by atoms with van der Waals surface area (Å²) in [6.07, 6.45) is 6.45. The molecule has 0 spiro atoms. The van der Waals surface area contributed by atoms with Crippen LogP contribution in [0.3, 0.4) is 0 Å². The molecule has 1 fully saturated rings. The molecule has 2 aromatic heterocycles. The van der Waals surface area contributed by atoms with Gasteiger partial charge in [-0.3, -0.25) is 9.78 Å². The predicted molar refractivity (Wildman–Crippen MR) is 59.5 cm³/mol. The summed E-state index contributed by atoms with van der Waals surface area (Å²) in [5, 5.41) is 13.7. The smallest absolute Gasteiger partial charge is 0.257 e. The van der Waals surface area contributed by atoms with Crippen molar-refractivity contribution in [3.05, 3.63) is 30.4 Å². The summed E-state index contributed by atoms with van der Waals surface area (Å²) in [6.45, 7) is 2.45. The maximum atomic E-state index is 12.1. The second kappa shape index (κ2) is 3.27. The van der Waals surface area contributed by atoms with E-state index in [1.165, 1.54) is 6.20 Å². The lowest BCUT2D eigenvalue weighted by Gasteiger charge is -2.43. The Labute approximate surface area is 97.5 Å². The minimum Gasteiger partial charge on any atom is -0.386 e. The number of rotatable bonds is 1. The molecule has 0 radical (unpaired) electrons. The van der Waals surface area contributed by atoms with Crippen molar-refractivity contribution in [2.45, 2.75) is 12.5 Å². The van der Waals surface area contributed by atoms with Crippen molar-refractivity contribution in [3.8, 4) is 0 Å². The molecule has 1 aliphatic heterocycles. The van der Waals surface area contributed by atoms with Gasteiger partial charge in [0.1, 0.15) is 0 Å². The number of hydrogen-bond donors (Lipinski definition) is 1. The van der Waals surface area contributed by atoms with Gasteiger partial charge in [-0.25, -0.2) is 4.52 Å². The molecule has 3 heterocycles. The number of fused-ring (bicyclic) bond motifs is 1. The van der Waals surface area contributed by atoms with E-state index in [1.54, 1.807) is 34.9 Å². The molecular weight excluding hydrogens is 220 g/mol. The van der Waals surface area contributed by atoms with Crippen LogP contribution in [0.15, 0.2) is 24.8 Å². The number of likely N-dealkylation sites (tertiary alicyclic amines) is 1. The lowest BCUT2D eigenvalue weighted by atomic mass is 9.96. The van der Waals surface area contributed by atoms with Crippen LogP contribution in [0.5, 0.6) is 0 Å². The van der Waals surface area contributed by atoms with Gasteiger partial charge in [-0.05, 0) is 6.92 Å². The summed E-state index contributed by atoms with van der Waals surface area (Å²) >= 11 is 0. The van der Waals surface area contributed by atoms with Crippen LogP contribution in [0, 0.1) is 0 Å². The van der Waals surface area contributed by atoms with Gasteiger partial charge < -0.3 is 10.0 Å². The number of β-amino-alcohol motifs (C(OH)–C–C–N with tert-alkyl or cyclic N) is 1. The molecule has 6 heteroatoms. The van der Waals surface area contributed by atoms with Gasteiger partial charge in [0.25, 0.3) is 5.91 Å². The Kier molecular flexibility index (Phi) is 1.97. The van der Waals surface area contributed by atoms with Gasteiger partial charge in [-0.15, -0.1) is 0 Å². The molecule has 1 aliphatic rings. The van der Waals surface area contributed by atoms with E-state index in [0.29, 0.717) is 24.2 Å². The van der Waals surface area contributed by atoms with Gasteiger partial charge in [0.05, 0.1) is 42.2 Å². The Morgan fingerprint density at radius 3 is 2.94 bits per heavy atom. The number of aliphatic hydroxyl groups is 1. The predicted octanol–water partition coefficient (Wildman–Crippen LogP) is -0.0639. The van der Waals surface area contributed by atoms with E-state index in [9.17, 15) is 9.90 Å². The normalized spacial score (nSPS) is 18.1. The molecule has 1 amide bonds. The zero-order valence-corrected chi connectivity index (χ0v) is 9.37. The standard InChI is InChI=1S/C11H12N4O2/c1-11(17)6-14(7-11)10(16)8-4-13-15-3-2-12-5-9(8)15/h2-5,17H,6-7H2,1H3. The van der Waals surface area contributed by atoms with Gasteiger partial charge >= 0.3 is 0 Å². The third-order valence-electron chi connectivity index (χ3n) is 2.91. The second-order valence-corrected chi connectivity index (χ2v) is 4.62. The van der Waals surface area contributed by atoms with E-state index in [4.69, 9.17) is 0 Å². The summed E-state index contributed by atoms with van der Waals surface area (Å²) in [5.41, 5.74) is 0.453. The van der Waals surface area contributed by atoms with Crippen LogP contribution in [0.1, 0.15) is 17.3 Å². The molecule has 0 aliphatic carbocycles. The highest BCUT2D eigenvalue weighted by molar-refractivity contribution is 6.00. The van der Waals surface area contributed by atoms with Crippen molar-refractivity contribution in [2.75, 3.05) is 13.1 Å². The van der Waals surface area contributed by atoms with Crippen LogP contribution in [-0.4, -0.2) is 49.2 Å². The molecule has 0 bridgehead atoms. The molecular formula is C11H12N4O2. The van der Waals surface area contributed by atoms with Gasteiger partial charge in [0, 0.05) is 12.4 Å². The molecule has 88 valence electrons. The first-order chi connectivity index (χ1) is 8.07. The monoisotopic (exact) mass is 232 g/mol. The van der Waals surface area contributed by atoms with Gasteiger partial charge in [-0.2, -0.15) is 5.10 Å². The minimum atomic E-state index is -0.753. The third kappa shape index (κ3) is 1.57. The van der Waals surface area contributed by atoms with Crippen molar-refractivity contribution in [2.24, 2.45) is 0 Å². The lowest BCUT2D eigenvalue weighted by molar-refractivity contribution is -0.0668. The van der Waals surface area contributed by atoms with Crippen molar-refractivity contribution >= 4 is 11.4 Å². The van der Waals surface area contributed by atoms with E-state index in [2.05, 4.69) is 10.1 Å². The fourth-order valence-corrected chi connectivity index (χ4v) is 2.09. The average molecular weight is 232 g/mol. The minimum absolute atomic E-state index is 0.112. The Balaban J connectivity index is 1.92. The molecule has 0 unspecified atom stereocenters. The highest BCUT2D eigenvalue weighted by atomic mass is 16.3. The second-order valence-electron chi connectivity index (χ2n) is 4.62. The fourth-order valence-electron chi connectivity index (χ4n) is 2.09. The third-order valence-corrected chi connectivity index (χ3v) is 2.91. The Morgan fingerprint density at radius 1 is 1.47 bits per heavy atom.